The number of benzene rings is 1. The number of phenols is 2. The van der Waals surface area contributed by atoms with Crippen LogP contribution in [0.1, 0.15) is 22.4 Å². The number of pyridine rings is 1. The molecule has 0 fully saturated rings. The number of aryl methyl sites for hydroxylation is 1. The first-order chi connectivity index (χ1) is 13.5. The monoisotopic (exact) mass is 507 g/mol. The minimum atomic E-state index is -4.78. The molecule has 2 rings (SSSR count). The molecule has 1 unspecified atom stereocenters. The summed E-state index contributed by atoms with van der Waals surface area (Å²) < 4.78 is 15.3. The van der Waals surface area contributed by atoms with Gasteiger partial charge < -0.3 is 35.7 Å². The number of hydrogen-bond donors (Lipinski definition) is 6. The minimum absolute atomic E-state index is 0. The summed E-state index contributed by atoms with van der Waals surface area (Å²) in [7, 11) is -4.78. The van der Waals surface area contributed by atoms with Crippen molar-refractivity contribution in [3.8, 4) is 17.2 Å². The van der Waals surface area contributed by atoms with Crippen molar-refractivity contribution in [2.24, 2.45) is 4.99 Å². The third kappa shape index (κ3) is 8.27. The number of rotatable bonds is 8. The van der Waals surface area contributed by atoms with E-state index in [1.807, 2.05) is 0 Å². The van der Waals surface area contributed by atoms with Crippen molar-refractivity contribution >= 4 is 20.0 Å². The molecule has 0 saturated carbocycles. The second kappa shape index (κ2) is 11.8. The number of aromatic nitrogens is 1. The molecular weight excluding hydrogens is 487 g/mol. The zero-order chi connectivity index (χ0) is 21.8. The minimum Gasteiger partial charge on any atom is -0.505 e. The van der Waals surface area contributed by atoms with Crippen molar-refractivity contribution in [1.82, 2.24) is 4.98 Å². The molecule has 0 bridgehead atoms. The number of aliphatic imine (C=N–C) groups is 1. The summed E-state index contributed by atoms with van der Waals surface area (Å²) in [6, 6.07) is 2.53. The van der Waals surface area contributed by atoms with E-state index < -0.39 is 32.2 Å². The normalized spacial score (nSPS) is 12.1. The van der Waals surface area contributed by atoms with Crippen LogP contribution in [-0.4, -0.2) is 58.9 Å². The van der Waals surface area contributed by atoms with Crippen molar-refractivity contribution in [2.75, 3.05) is 0 Å². The molecule has 31 heavy (non-hydrogen) atoms. The number of hydrogen-bond acceptors (Lipinski definition) is 8. The van der Waals surface area contributed by atoms with Crippen LogP contribution in [0, 0.1) is 6.92 Å². The van der Waals surface area contributed by atoms with E-state index in [0.717, 1.165) is 6.21 Å². The summed E-state index contributed by atoms with van der Waals surface area (Å²) in [5, 5.41) is 38.5. The van der Waals surface area contributed by atoms with E-state index in [9.17, 15) is 29.8 Å². The second-order valence-electron chi connectivity index (χ2n) is 6.05. The summed E-state index contributed by atoms with van der Waals surface area (Å²) in [6.07, 6.45) is 2.15. The number of carboxylic acids is 1. The van der Waals surface area contributed by atoms with Crippen molar-refractivity contribution in [3.05, 3.63) is 46.8 Å². The summed E-state index contributed by atoms with van der Waals surface area (Å²) >= 11 is 0. The van der Waals surface area contributed by atoms with Gasteiger partial charge in [0.25, 0.3) is 0 Å². The van der Waals surface area contributed by atoms with Gasteiger partial charge in [-0.2, -0.15) is 0 Å². The fourth-order valence-electron chi connectivity index (χ4n) is 2.35. The second-order valence-corrected chi connectivity index (χ2v) is 7.29. The molecule has 8 N–H and O–H groups in total. The number of phosphoric acid groups is 1. The van der Waals surface area contributed by atoms with Gasteiger partial charge in [-0.3, -0.25) is 14.5 Å². The topological polar surface area (TPSA) is 221 Å². The van der Waals surface area contributed by atoms with Crippen LogP contribution in [0.25, 0.3) is 0 Å². The molecule has 0 spiro atoms. The first-order valence-electron chi connectivity index (χ1n) is 8.12. The van der Waals surface area contributed by atoms with E-state index in [0.29, 0.717) is 5.56 Å². The van der Waals surface area contributed by atoms with Gasteiger partial charge in [-0.1, -0.05) is 6.07 Å². The Labute approximate surface area is 186 Å². The summed E-state index contributed by atoms with van der Waals surface area (Å²) in [5.74, 6) is -2.38. The predicted molar refractivity (Wildman–Crippen MR) is 104 cm³/mol. The number of aromatic hydroxyl groups is 3. The van der Waals surface area contributed by atoms with E-state index in [2.05, 4.69) is 14.5 Å². The molecule has 175 valence electrons. The first kappa shape index (κ1) is 28.5. The molecule has 0 aliphatic carbocycles. The molecule has 2 aromatic rings. The Morgan fingerprint density at radius 1 is 1.26 bits per heavy atom. The molecule has 1 radical (unpaired) electrons. The molecule has 0 amide bonds. The Bertz CT molecular complexity index is 995. The first-order valence-corrected chi connectivity index (χ1v) is 9.65. The molecule has 1 heterocycles. The van der Waals surface area contributed by atoms with Crippen LogP contribution in [0.5, 0.6) is 17.2 Å². The number of carboxylic acid groups (broad SMARTS) is 1. The molecule has 1 aromatic heterocycles. The van der Waals surface area contributed by atoms with Crippen LogP contribution in [0.2, 0.25) is 0 Å². The number of carbonyl (C=O) groups is 1. The molecule has 0 aliphatic heterocycles. The Hall–Kier alpha value is -2.50. The number of phenolic OH excluding ortho intramolecular Hbond substituents is 2. The van der Waals surface area contributed by atoms with Crippen LogP contribution >= 0.6 is 7.82 Å². The van der Waals surface area contributed by atoms with Crippen LogP contribution in [-0.2, 0) is 44.0 Å². The van der Waals surface area contributed by atoms with E-state index in [-0.39, 0.29) is 57.3 Å². The number of phosphoric ester groups is 1. The Morgan fingerprint density at radius 3 is 2.45 bits per heavy atom. The maximum atomic E-state index is 11.5. The zero-order valence-corrected chi connectivity index (χ0v) is 17.8. The van der Waals surface area contributed by atoms with Crippen molar-refractivity contribution in [3.63, 3.8) is 0 Å². The summed E-state index contributed by atoms with van der Waals surface area (Å²) in [4.78, 5) is 37.1. The SMILES string of the molecule is Cc1ncc(COP(=O)(O)O)c(C=NC(Cc2ccc(O)c(O)c2)C(=O)O)c1O.O.[Cu]. The molecule has 0 aliphatic rings. The Kier molecular flexibility index (Phi) is 10.8. The molecule has 12 nitrogen and oxygen atoms in total. The number of nitrogens with zero attached hydrogens (tertiary/aromatic N) is 2. The maximum Gasteiger partial charge on any atom is 0.469 e. The summed E-state index contributed by atoms with van der Waals surface area (Å²) in [6.45, 7) is 0.893. The third-order valence-corrected chi connectivity index (χ3v) is 4.35. The molecule has 0 saturated heterocycles. The van der Waals surface area contributed by atoms with Crippen LogP contribution in [0.4, 0.5) is 0 Å². The standard InChI is InChI=1S/C17H19N2O9P.Cu.H2O/c1-9-16(22)12(11(6-18-9)8-28-29(25,26)27)7-19-13(17(23)24)4-10-2-3-14(20)15(21)5-10;;/h2-3,5-7,13,20-22H,4,8H2,1H3,(H,23,24)(H2,25,26,27);;1H2. The van der Waals surface area contributed by atoms with Gasteiger partial charge in [-0.05, 0) is 24.6 Å². The van der Waals surface area contributed by atoms with Gasteiger partial charge in [0.2, 0.25) is 0 Å². The molecule has 1 atom stereocenters. The van der Waals surface area contributed by atoms with E-state index in [4.69, 9.17) is 9.79 Å². The van der Waals surface area contributed by atoms with Gasteiger partial charge in [-0.15, -0.1) is 0 Å². The van der Waals surface area contributed by atoms with Crippen LogP contribution in [0.15, 0.2) is 29.4 Å². The zero-order valence-electron chi connectivity index (χ0n) is 15.9. The van der Waals surface area contributed by atoms with E-state index >= 15 is 0 Å². The van der Waals surface area contributed by atoms with Gasteiger partial charge in [0.05, 0.1) is 12.3 Å². The van der Waals surface area contributed by atoms with Crippen molar-refractivity contribution < 1.29 is 66.6 Å². The molecule has 1 aromatic carbocycles. The van der Waals surface area contributed by atoms with Gasteiger partial charge in [-0.25, -0.2) is 9.36 Å². The third-order valence-electron chi connectivity index (χ3n) is 3.88. The van der Waals surface area contributed by atoms with Crippen LogP contribution < -0.4 is 0 Å². The van der Waals surface area contributed by atoms with Crippen LogP contribution in [0.3, 0.4) is 0 Å². The van der Waals surface area contributed by atoms with E-state index in [1.54, 1.807) is 0 Å². The fourth-order valence-corrected chi connectivity index (χ4v) is 2.66. The molecular formula is C17H21CuN2O10P. The smallest absolute Gasteiger partial charge is 0.469 e. The average molecular weight is 508 g/mol. The largest absolute Gasteiger partial charge is 0.505 e. The molecule has 14 heteroatoms. The summed E-state index contributed by atoms with van der Waals surface area (Å²) in [5.41, 5.74) is 0.684. The quantitative estimate of drug-likeness (QED) is 0.125. The van der Waals surface area contributed by atoms with E-state index in [1.165, 1.54) is 31.3 Å². The van der Waals surface area contributed by atoms with Crippen molar-refractivity contribution in [2.45, 2.75) is 26.0 Å². The predicted octanol–water partition coefficient (Wildman–Crippen LogP) is 0.404. The van der Waals surface area contributed by atoms with Crippen molar-refractivity contribution in [1.29, 1.82) is 0 Å². The van der Waals surface area contributed by atoms with Gasteiger partial charge in [0, 0.05) is 47.0 Å². The Balaban J connectivity index is 0.00000450. The average Bonchev–Trinajstić information content (AvgIpc) is 2.62. The van der Waals surface area contributed by atoms with Gasteiger partial charge in [0.1, 0.15) is 5.75 Å². The maximum absolute atomic E-state index is 11.5. The van der Waals surface area contributed by atoms with Gasteiger partial charge >= 0.3 is 13.8 Å². The van der Waals surface area contributed by atoms with Gasteiger partial charge in [0.15, 0.2) is 17.5 Å². The number of aliphatic carboxylic acids is 1. The Morgan fingerprint density at radius 2 is 1.90 bits per heavy atom. The fraction of sp³-hybridized carbons (Fsp3) is 0.235.